The lowest BCUT2D eigenvalue weighted by atomic mass is 10.0. The Kier molecular flexibility index (Phi) is 7.16. The largest absolute Gasteiger partial charge is 0.491 e. The van der Waals surface area contributed by atoms with Crippen LogP contribution < -0.4 is 15.0 Å². The third kappa shape index (κ3) is 4.80. The van der Waals surface area contributed by atoms with Crippen LogP contribution in [-0.2, 0) is 4.74 Å². The monoisotopic (exact) mass is 513 g/mol. The van der Waals surface area contributed by atoms with E-state index in [-0.39, 0.29) is 6.61 Å². The maximum Gasteiger partial charge on any atom is 0.163 e. The number of aliphatic hydroxyl groups is 1. The predicted molar refractivity (Wildman–Crippen MR) is 138 cm³/mol. The molecule has 9 nitrogen and oxygen atoms in total. The molecule has 3 aromatic rings. The molecule has 2 aliphatic heterocycles. The Bertz CT molecular complexity index is 1220. The Morgan fingerprint density at radius 3 is 2.61 bits per heavy atom. The second kappa shape index (κ2) is 10.3. The van der Waals surface area contributed by atoms with Crippen molar-refractivity contribution in [3.8, 4) is 28.4 Å². The van der Waals surface area contributed by atoms with Gasteiger partial charge in [0, 0.05) is 42.6 Å². The van der Waals surface area contributed by atoms with Crippen LogP contribution in [0.4, 0.5) is 5.82 Å². The number of nitrogens with zero attached hydrogens (tertiary/aromatic N) is 4. The van der Waals surface area contributed by atoms with Crippen molar-refractivity contribution in [3.05, 3.63) is 40.2 Å². The molecule has 0 radical (unpaired) electrons. The third-order valence-corrected chi connectivity index (χ3v) is 7.32. The smallest absolute Gasteiger partial charge is 0.163 e. The van der Waals surface area contributed by atoms with E-state index in [1.807, 2.05) is 19.9 Å². The molecule has 5 rings (SSSR count). The number of likely N-dealkylation sites (N-methyl/N-ethyl adjacent to an activating group) is 1. The SMILES string of the molecule is CNC[C@@H](O)COc1ccc(Cl)c(-c2nc(-c3c(C)noc3C)c(C)c(N3CC4COC[C@@H]4C3)n2)c1. The lowest BCUT2D eigenvalue weighted by molar-refractivity contribution is 0.108. The summed E-state index contributed by atoms with van der Waals surface area (Å²) in [4.78, 5) is 12.3. The standard InChI is InChI=1S/C26H32ClN5O4/c1-14-24(23-15(2)31-36-16(23)3)29-25(30-26(14)32-9-17-11-34-12-18(17)10-32)21-7-20(5-6-22(21)27)35-13-19(33)8-28-4/h5-7,17-19,28,33H,8-13H2,1-4H3/t17-,18?,19+/m0/s1. The molecule has 2 saturated heterocycles. The van der Waals surface area contributed by atoms with Crippen molar-refractivity contribution < 1.29 is 19.1 Å². The molecule has 0 spiro atoms. The zero-order valence-corrected chi connectivity index (χ0v) is 21.8. The van der Waals surface area contributed by atoms with Crippen molar-refractivity contribution >= 4 is 17.4 Å². The highest BCUT2D eigenvalue weighted by molar-refractivity contribution is 6.33. The summed E-state index contributed by atoms with van der Waals surface area (Å²) in [5.41, 5.74) is 4.08. The molecule has 0 aliphatic carbocycles. The lowest BCUT2D eigenvalue weighted by Gasteiger charge is -2.23. The highest BCUT2D eigenvalue weighted by Gasteiger charge is 2.38. The number of hydrogen-bond donors (Lipinski definition) is 2. The Balaban J connectivity index is 1.57. The van der Waals surface area contributed by atoms with Crippen molar-refractivity contribution in [1.29, 1.82) is 0 Å². The normalized spacial score (nSPS) is 20.1. The van der Waals surface area contributed by atoms with Gasteiger partial charge in [-0.15, -0.1) is 0 Å². The molecule has 0 bridgehead atoms. The van der Waals surface area contributed by atoms with Gasteiger partial charge in [-0.2, -0.15) is 0 Å². The third-order valence-electron chi connectivity index (χ3n) is 6.99. The van der Waals surface area contributed by atoms with Gasteiger partial charge in [-0.05, 0) is 46.0 Å². The van der Waals surface area contributed by atoms with Gasteiger partial charge >= 0.3 is 0 Å². The average Bonchev–Trinajstić information content (AvgIpc) is 3.55. The average molecular weight is 514 g/mol. The van der Waals surface area contributed by atoms with Gasteiger partial charge in [0.15, 0.2) is 5.82 Å². The molecule has 1 unspecified atom stereocenters. The first-order chi connectivity index (χ1) is 17.4. The number of aryl methyl sites for hydroxylation is 2. The number of ether oxygens (including phenoxy) is 2. The topological polar surface area (TPSA) is 106 Å². The summed E-state index contributed by atoms with van der Waals surface area (Å²) >= 11 is 6.66. The van der Waals surface area contributed by atoms with Crippen LogP contribution in [0.1, 0.15) is 17.0 Å². The molecule has 192 valence electrons. The van der Waals surface area contributed by atoms with Crippen molar-refractivity contribution in [1.82, 2.24) is 20.4 Å². The van der Waals surface area contributed by atoms with E-state index in [9.17, 15) is 5.11 Å². The van der Waals surface area contributed by atoms with Crippen LogP contribution >= 0.6 is 11.6 Å². The van der Waals surface area contributed by atoms with Gasteiger partial charge in [0.05, 0.1) is 35.2 Å². The molecule has 0 saturated carbocycles. The molecular weight excluding hydrogens is 482 g/mol. The zero-order chi connectivity index (χ0) is 25.4. The minimum atomic E-state index is -0.624. The van der Waals surface area contributed by atoms with Crippen molar-refractivity contribution in [2.75, 3.05) is 51.4 Å². The molecule has 3 atom stereocenters. The summed E-state index contributed by atoms with van der Waals surface area (Å²) in [5, 5.41) is 17.6. The first-order valence-electron chi connectivity index (χ1n) is 12.3. The Morgan fingerprint density at radius 1 is 1.19 bits per heavy atom. The molecule has 1 aromatic carbocycles. The minimum absolute atomic E-state index is 0.158. The van der Waals surface area contributed by atoms with Crippen LogP contribution in [0.3, 0.4) is 0 Å². The molecule has 36 heavy (non-hydrogen) atoms. The summed E-state index contributed by atoms with van der Waals surface area (Å²) in [6.07, 6.45) is -0.624. The van der Waals surface area contributed by atoms with Gasteiger partial charge in [-0.3, -0.25) is 0 Å². The molecule has 2 aromatic heterocycles. The molecule has 10 heteroatoms. The number of aromatic nitrogens is 3. The maximum absolute atomic E-state index is 10.0. The van der Waals surface area contributed by atoms with Gasteiger partial charge in [0.1, 0.15) is 30.0 Å². The summed E-state index contributed by atoms with van der Waals surface area (Å²) in [7, 11) is 1.78. The van der Waals surface area contributed by atoms with E-state index in [1.165, 1.54) is 0 Å². The van der Waals surface area contributed by atoms with E-state index < -0.39 is 6.10 Å². The highest BCUT2D eigenvalue weighted by atomic mass is 35.5. The molecule has 4 heterocycles. The molecule has 2 fully saturated rings. The fourth-order valence-electron chi connectivity index (χ4n) is 5.11. The number of halogens is 1. The maximum atomic E-state index is 10.0. The van der Waals surface area contributed by atoms with E-state index in [4.69, 9.17) is 35.6 Å². The van der Waals surface area contributed by atoms with E-state index >= 15 is 0 Å². The number of fused-ring (bicyclic) bond motifs is 1. The van der Waals surface area contributed by atoms with E-state index in [1.54, 1.807) is 19.2 Å². The number of rotatable bonds is 8. The van der Waals surface area contributed by atoms with Crippen LogP contribution in [0.5, 0.6) is 5.75 Å². The number of aliphatic hydroxyl groups excluding tert-OH is 1. The quantitative estimate of drug-likeness (QED) is 0.468. The molecule has 2 aliphatic rings. The van der Waals surface area contributed by atoms with Crippen LogP contribution in [0.15, 0.2) is 22.7 Å². The van der Waals surface area contributed by atoms with Crippen LogP contribution in [0, 0.1) is 32.6 Å². The van der Waals surface area contributed by atoms with Crippen LogP contribution in [0.25, 0.3) is 22.6 Å². The van der Waals surface area contributed by atoms with Crippen molar-refractivity contribution in [2.24, 2.45) is 11.8 Å². The summed E-state index contributed by atoms with van der Waals surface area (Å²) < 4.78 is 17.0. The summed E-state index contributed by atoms with van der Waals surface area (Å²) in [5.74, 6) is 3.70. The number of hydrogen-bond acceptors (Lipinski definition) is 9. The van der Waals surface area contributed by atoms with Gasteiger partial charge in [0.2, 0.25) is 0 Å². The second-order valence-electron chi connectivity index (χ2n) is 9.67. The van der Waals surface area contributed by atoms with Gasteiger partial charge in [-0.1, -0.05) is 16.8 Å². The van der Waals surface area contributed by atoms with Gasteiger partial charge in [0.25, 0.3) is 0 Å². The van der Waals surface area contributed by atoms with Gasteiger partial charge < -0.3 is 29.3 Å². The fourth-order valence-corrected chi connectivity index (χ4v) is 5.31. The summed E-state index contributed by atoms with van der Waals surface area (Å²) in [6.45, 7) is 9.83. The first kappa shape index (κ1) is 25.0. The number of nitrogens with one attached hydrogen (secondary N) is 1. The zero-order valence-electron chi connectivity index (χ0n) is 21.0. The first-order valence-corrected chi connectivity index (χ1v) is 12.6. The Hall–Kier alpha value is -2.72. The van der Waals surface area contributed by atoms with Crippen LogP contribution in [0.2, 0.25) is 5.02 Å². The number of benzene rings is 1. The van der Waals surface area contributed by atoms with E-state index in [0.29, 0.717) is 46.3 Å². The fraction of sp³-hybridized carbons (Fsp3) is 0.500. The molecule has 0 amide bonds. The molecular formula is C26H32ClN5O4. The lowest BCUT2D eigenvalue weighted by Crippen LogP contribution is -2.29. The Morgan fingerprint density at radius 2 is 1.94 bits per heavy atom. The second-order valence-corrected chi connectivity index (χ2v) is 10.1. The van der Waals surface area contributed by atoms with E-state index in [2.05, 4.69) is 22.3 Å². The Labute approximate surface area is 215 Å². The van der Waals surface area contributed by atoms with Crippen LogP contribution in [-0.4, -0.2) is 72.8 Å². The predicted octanol–water partition coefficient (Wildman–Crippen LogP) is 3.42. The number of anilines is 1. The van der Waals surface area contributed by atoms with Crippen molar-refractivity contribution in [2.45, 2.75) is 26.9 Å². The van der Waals surface area contributed by atoms with Gasteiger partial charge in [-0.25, -0.2) is 9.97 Å². The minimum Gasteiger partial charge on any atom is -0.491 e. The van der Waals surface area contributed by atoms with E-state index in [0.717, 1.165) is 54.6 Å². The summed E-state index contributed by atoms with van der Waals surface area (Å²) in [6, 6.07) is 5.38. The highest BCUT2D eigenvalue weighted by Crippen LogP contribution is 2.39. The molecule has 2 N–H and O–H groups in total. The van der Waals surface area contributed by atoms with Crippen molar-refractivity contribution in [3.63, 3.8) is 0 Å².